The Kier molecular flexibility index (Phi) is 5.56. The van der Waals surface area contributed by atoms with Gasteiger partial charge in [-0.3, -0.25) is 4.99 Å². The average molecular weight is 338 g/mol. The second kappa shape index (κ2) is 8.03. The molecule has 5 nitrogen and oxygen atoms in total. The van der Waals surface area contributed by atoms with E-state index in [-0.39, 0.29) is 0 Å². The van der Waals surface area contributed by atoms with E-state index in [0.29, 0.717) is 25.2 Å². The second-order valence-corrected chi connectivity index (χ2v) is 6.36. The van der Waals surface area contributed by atoms with Crippen LogP contribution in [0.25, 0.3) is 0 Å². The predicted octanol–water partition coefficient (Wildman–Crippen LogP) is 3.01. The van der Waals surface area contributed by atoms with Gasteiger partial charge in [0.15, 0.2) is 5.96 Å². The van der Waals surface area contributed by atoms with Gasteiger partial charge in [-0.25, -0.2) is 0 Å². The third-order valence-corrected chi connectivity index (χ3v) is 4.55. The summed E-state index contributed by atoms with van der Waals surface area (Å²) in [6, 6.07) is 17.0. The molecule has 0 radical (unpaired) electrons. The van der Waals surface area contributed by atoms with Crippen LogP contribution in [0.1, 0.15) is 18.1 Å². The summed E-state index contributed by atoms with van der Waals surface area (Å²) in [5, 5.41) is 3.18. The zero-order valence-corrected chi connectivity index (χ0v) is 14.9. The monoisotopic (exact) mass is 338 g/mol. The lowest BCUT2D eigenvalue weighted by molar-refractivity contribution is 0.185. The zero-order chi connectivity index (χ0) is 17.6. The SMILES string of the molecule is COCc1ccccc1NC(N)=NCCN1c2ccccc2CC1C. The van der Waals surface area contributed by atoms with Crippen LogP contribution in [-0.4, -0.2) is 32.2 Å². The summed E-state index contributed by atoms with van der Waals surface area (Å²) in [5.41, 5.74) is 10.8. The van der Waals surface area contributed by atoms with Crippen LogP contribution in [0.2, 0.25) is 0 Å². The molecule has 0 spiro atoms. The molecule has 3 N–H and O–H groups in total. The Morgan fingerprint density at radius 3 is 2.84 bits per heavy atom. The Morgan fingerprint density at radius 2 is 2.00 bits per heavy atom. The topological polar surface area (TPSA) is 62.9 Å². The van der Waals surface area contributed by atoms with Crippen molar-refractivity contribution < 1.29 is 4.74 Å². The van der Waals surface area contributed by atoms with Crippen LogP contribution in [-0.2, 0) is 17.8 Å². The van der Waals surface area contributed by atoms with Crippen LogP contribution < -0.4 is 16.0 Å². The second-order valence-electron chi connectivity index (χ2n) is 6.36. The van der Waals surface area contributed by atoms with Gasteiger partial charge >= 0.3 is 0 Å². The van der Waals surface area contributed by atoms with Crippen molar-refractivity contribution in [2.24, 2.45) is 10.7 Å². The minimum atomic E-state index is 0.434. The number of fused-ring (bicyclic) bond motifs is 1. The molecule has 0 fully saturated rings. The van der Waals surface area contributed by atoms with E-state index in [1.165, 1.54) is 11.3 Å². The number of benzene rings is 2. The van der Waals surface area contributed by atoms with Gasteiger partial charge in [0.1, 0.15) is 0 Å². The quantitative estimate of drug-likeness (QED) is 0.628. The van der Waals surface area contributed by atoms with Gasteiger partial charge in [-0.15, -0.1) is 0 Å². The summed E-state index contributed by atoms with van der Waals surface area (Å²) in [6.45, 7) is 4.31. The first-order valence-electron chi connectivity index (χ1n) is 8.67. The molecule has 0 aliphatic carbocycles. The molecule has 0 saturated carbocycles. The highest BCUT2D eigenvalue weighted by Crippen LogP contribution is 2.31. The Balaban J connectivity index is 1.59. The molecule has 1 atom stereocenters. The lowest BCUT2D eigenvalue weighted by Gasteiger charge is -2.24. The number of nitrogens with one attached hydrogen (secondary N) is 1. The van der Waals surface area contributed by atoms with Gasteiger partial charge in [-0.2, -0.15) is 0 Å². The summed E-state index contributed by atoms with van der Waals surface area (Å²) in [6.07, 6.45) is 1.10. The van der Waals surface area contributed by atoms with Crippen LogP contribution >= 0.6 is 0 Å². The molecule has 0 saturated heterocycles. The molecule has 5 heteroatoms. The summed E-state index contributed by atoms with van der Waals surface area (Å²) in [5.74, 6) is 0.434. The Hall–Kier alpha value is -2.53. The maximum atomic E-state index is 6.06. The standard InChI is InChI=1S/C20H26N4O/c1-15-13-16-7-4-6-10-19(16)24(15)12-11-22-20(21)23-18-9-5-3-8-17(18)14-25-2/h3-10,15H,11-14H2,1-2H3,(H3,21,22,23). The number of ether oxygens (including phenoxy) is 1. The van der Waals surface area contributed by atoms with Crippen molar-refractivity contribution in [1.29, 1.82) is 0 Å². The van der Waals surface area contributed by atoms with Gasteiger partial charge in [0.25, 0.3) is 0 Å². The van der Waals surface area contributed by atoms with Crippen LogP contribution in [0.15, 0.2) is 53.5 Å². The number of hydrogen-bond donors (Lipinski definition) is 2. The van der Waals surface area contributed by atoms with Crippen molar-refractivity contribution in [3.63, 3.8) is 0 Å². The normalized spacial score (nSPS) is 16.8. The summed E-state index contributed by atoms with van der Waals surface area (Å²) < 4.78 is 5.22. The number of methoxy groups -OCH3 is 1. The van der Waals surface area contributed by atoms with E-state index in [1.54, 1.807) is 7.11 Å². The molecule has 0 amide bonds. The number of nitrogens with two attached hydrogens (primary N) is 1. The van der Waals surface area contributed by atoms with Crippen molar-refractivity contribution in [2.45, 2.75) is 26.0 Å². The first-order valence-corrected chi connectivity index (χ1v) is 8.67. The zero-order valence-electron chi connectivity index (χ0n) is 14.9. The Morgan fingerprint density at radius 1 is 1.24 bits per heavy atom. The first-order chi connectivity index (χ1) is 12.2. The van der Waals surface area contributed by atoms with Crippen molar-refractivity contribution in [1.82, 2.24) is 0 Å². The maximum Gasteiger partial charge on any atom is 0.193 e. The molecule has 25 heavy (non-hydrogen) atoms. The molecular weight excluding hydrogens is 312 g/mol. The molecule has 1 aliphatic heterocycles. The lowest BCUT2D eigenvalue weighted by Crippen LogP contribution is -2.32. The van der Waals surface area contributed by atoms with E-state index in [1.807, 2.05) is 24.3 Å². The maximum absolute atomic E-state index is 6.06. The Labute approximate surface area is 149 Å². The predicted molar refractivity (Wildman–Crippen MR) is 104 cm³/mol. The first kappa shape index (κ1) is 17.3. The van der Waals surface area contributed by atoms with E-state index >= 15 is 0 Å². The number of nitrogens with zero attached hydrogens (tertiary/aromatic N) is 2. The number of anilines is 2. The molecule has 0 aromatic heterocycles. The lowest BCUT2D eigenvalue weighted by atomic mass is 10.1. The highest BCUT2D eigenvalue weighted by Gasteiger charge is 2.24. The molecule has 0 bridgehead atoms. The van der Waals surface area contributed by atoms with Gasteiger partial charge in [0.2, 0.25) is 0 Å². The summed E-state index contributed by atoms with van der Waals surface area (Å²) in [7, 11) is 1.68. The van der Waals surface area contributed by atoms with E-state index in [9.17, 15) is 0 Å². The molecule has 1 unspecified atom stereocenters. The summed E-state index contributed by atoms with van der Waals surface area (Å²) in [4.78, 5) is 6.90. The third-order valence-electron chi connectivity index (χ3n) is 4.55. The van der Waals surface area contributed by atoms with Gasteiger partial charge in [-0.1, -0.05) is 36.4 Å². The molecule has 132 valence electrons. The largest absolute Gasteiger partial charge is 0.380 e. The van der Waals surface area contributed by atoms with Crippen molar-refractivity contribution in [3.8, 4) is 0 Å². The minimum Gasteiger partial charge on any atom is -0.380 e. The molecule has 2 aromatic rings. The van der Waals surface area contributed by atoms with Crippen molar-refractivity contribution in [3.05, 3.63) is 59.7 Å². The minimum absolute atomic E-state index is 0.434. The van der Waals surface area contributed by atoms with Gasteiger partial charge in [0.05, 0.1) is 13.2 Å². The number of para-hydroxylation sites is 2. The highest BCUT2D eigenvalue weighted by atomic mass is 16.5. The van der Waals surface area contributed by atoms with Gasteiger partial charge in [0, 0.05) is 36.6 Å². The summed E-state index contributed by atoms with van der Waals surface area (Å²) >= 11 is 0. The average Bonchev–Trinajstić information content (AvgIpc) is 2.93. The van der Waals surface area contributed by atoms with Crippen molar-refractivity contribution in [2.75, 3.05) is 30.4 Å². The van der Waals surface area contributed by atoms with E-state index < -0.39 is 0 Å². The smallest absolute Gasteiger partial charge is 0.193 e. The van der Waals surface area contributed by atoms with Gasteiger partial charge in [-0.05, 0) is 31.0 Å². The van der Waals surface area contributed by atoms with Crippen LogP contribution in [0.3, 0.4) is 0 Å². The molecule has 3 rings (SSSR count). The van der Waals surface area contributed by atoms with E-state index in [0.717, 1.165) is 24.2 Å². The van der Waals surface area contributed by atoms with E-state index in [2.05, 4.69) is 46.4 Å². The fraction of sp³-hybridized carbons (Fsp3) is 0.350. The molecular formula is C20H26N4O. The number of aliphatic imine (C=N–C) groups is 1. The van der Waals surface area contributed by atoms with Crippen LogP contribution in [0.5, 0.6) is 0 Å². The number of rotatable bonds is 6. The number of hydrogen-bond acceptors (Lipinski definition) is 3. The molecule has 1 heterocycles. The molecule has 1 aliphatic rings. The highest BCUT2D eigenvalue weighted by molar-refractivity contribution is 5.93. The number of guanidine groups is 1. The van der Waals surface area contributed by atoms with E-state index in [4.69, 9.17) is 10.5 Å². The van der Waals surface area contributed by atoms with Crippen LogP contribution in [0.4, 0.5) is 11.4 Å². The third kappa shape index (κ3) is 4.12. The van der Waals surface area contributed by atoms with Crippen molar-refractivity contribution >= 4 is 17.3 Å². The van der Waals surface area contributed by atoms with Crippen LogP contribution in [0, 0.1) is 0 Å². The fourth-order valence-corrected chi connectivity index (χ4v) is 3.35. The fourth-order valence-electron chi connectivity index (χ4n) is 3.35. The van der Waals surface area contributed by atoms with Gasteiger partial charge < -0.3 is 20.7 Å². The molecule has 2 aromatic carbocycles. The Bertz CT molecular complexity index is 744.